The molecule has 0 fully saturated rings. The topological polar surface area (TPSA) is 72.8 Å². The minimum atomic E-state index is -0.839. The monoisotopic (exact) mass is 689 g/mol. The Hall–Kier alpha value is -3.70. The fourth-order valence-corrected chi connectivity index (χ4v) is 4.39. The van der Waals surface area contributed by atoms with E-state index in [1.165, 1.54) is 25.7 Å². The van der Waals surface area contributed by atoms with Gasteiger partial charge in [-0.05, 0) is 89.9 Å². The van der Waals surface area contributed by atoms with Crippen molar-refractivity contribution in [2.24, 2.45) is 0 Å². The fourth-order valence-electron chi connectivity index (χ4n) is 4.39. The first kappa shape index (κ1) is 46.3. The summed E-state index contributed by atoms with van der Waals surface area (Å²) in [6.07, 6.45) is 58.4. The largest absolute Gasteiger partial charge is 0.462 e. The quantitative estimate of drug-likeness (QED) is 0.0433. The number of ether oxygens (including phenoxy) is 2. The van der Waals surface area contributed by atoms with Crippen LogP contribution in [0.5, 0.6) is 0 Å². The SMILES string of the molecule is CCC=CCC=CCC=CCC=CCC=CCC=CCCC(=O)OC[C@H](CO)OC(=O)CCCC=CCC=CCC=CCC=CCCCCC. The van der Waals surface area contributed by atoms with Gasteiger partial charge in [-0.2, -0.15) is 0 Å². The van der Waals surface area contributed by atoms with Crippen molar-refractivity contribution < 1.29 is 24.2 Å². The molecule has 0 aliphatic heterocycles. The summed E-state index contributed by atoms with van der Waals surface area (Å²) in [4.78, 5) is 24.2. The van der Waals surface area contributed by atoms with Gasteiger partial charge in [0.1, 0.15) is 6.61 Å². The third kappa shape index (κ3) is 37.1. The van der Waals surface area contributed by atoms with Gasteiger partial charge in [0.05, 0.1) is 6.61 Å². The summed E-state index contributed by atoms with van der Waals surface area (Å²) < 4.78 is 10.5. The predicted octanol–water partition coefficient (Wildman–Crippen LogP) is 12.1. The van der Waals surface area contributed by atoms with Crippen molar-refractivity contribution in [1.29, 1.82) is 0 Å². The molecular weight excluding hydrogens is 620 g/mol. The van der Waals surface area contributed by atoms with Crippen molar-refractivity contribution in [1.82, 2.24) is 0 Å². The Morgan fingerprint density at radius 3 is 1.30 bits per heavy atom. The molecule has 1 N–H and O–H groups in total. The predicted molar refractivity (Wildman–Crippen MR) is 214 cm³/mol. The number of esters is 2. The van der Waals surface area contributed by atoms with Crippen LogP contribution in [0.15, 0.2) is 122 Å². The number of aliphatic hydroxyl groups excluding tert-OH is 1. The first-order valence-corrected chi connectivity index (χ1v) is 19.1. The van der Waals surface area contributed by atoms with E-state index in [-0.39, 0.29) is 32.0 Å². The second-order valence-corrected chi connectivity index (χ2v) is 11.9. The number of carbonyl (C=O) groups excluding carboxylic acids is 2. The average Bonchev–Trinajstić information content (AvgIpc) is 3.12. The van der Waals surface area contributed by atoms with Crippen LogP contribution in [-0.4, -0.2) is 36.4 Å². The van der Waals surface area contributed by atoms with Gasteiger partial charge in [0, 0.05) is 12.8 Å². The van der Waals surface area contributed by atoms with Gasteiger partial charge in [-0.3, -0.25) is 9.59 Å². The molecule has 0 amide bonds. The van der Waals surface area contributed by atoms with E-state index >= 15 is 0 Å². The van der Waals surface area contributed by atoms with E-state index < -0.39 is 12.1 Å². The molecule has 0 aliphatic rings. The second-order valence-electron chi connectivity index (χ2n) is 11.9. The molecule has 0 unspecified atom stereocenters. The van der Waals surface area contributed by atoms with Gasteiger partial charge in [0.15, 0.2) is 6.10 Å². The van der Waals surface area contributed by atoms with Crippen LogP contribution < -0.4 is 0 Å². The molecule has 278 valence electrons. The molecule has 0 saturated carbocycles. The first-order valence-electron chi connectivity index (χ1n) is 19.1. The summed E-state index contributed by atoms with van der Waals surface area (Å²) in [7, 11) is 0. The number of hydrogen-bond acceptors (Lipinski definition) is 5. The van der Waals surface area contributed by atoms with Crippen molar-refractivity contribution >= 4 is 11.9 Å². The maximum absolute atomic E-state index is 12.1. The average molecular weight is 689 g/mol. The summed E-state index contributed by atoms with van der Waals surface area (Å²) in [5.41, 5.74) is 0. The van der Waals surface area contributed by atoms with Crippen LogP contribution in [0.1, 0.15) is 129 Å². The minimum absolute atomic E-state index is 0.137. The van der Waals surface area contributed by atoms with Gasteiger partial charge >= 0.3 is 11.9 Å². The van der Waals surface area contributed by atoms with Crippen molar-refractivity contribution in [3.8, 4) is 0 Å². The van der Waals surface area contributed by atoms with Crippen molar-refractivity contribution in [2.75, 3.05) is 13.2 Å². The Morgan fingerprint density at radius 2 is 0.880 bits per heavy atom. The smallest absolute Gasteiger partial charge is 0.306 e. The highest BCUT2D eigenvalue weighted by Crippen LogP contribution is 2.05. The zero-order chi connectivity index (χ0) is 36.4. The van der Waals surface area contributed by atoms with E-state index in [1.807, 2.05) is 12.2 Å². The lowest BCUT2D eigenvalue weighted by atomic mass is 10.2. The molecule has 0 aromatic rings. The zero-order valence-corrected chi connectivity index (χ0v) is 31.3. The molecule has 0 radical (unpaired) electrons. The number of hydrogen-bond donors (Lipinski definition) is 1. The van der Waals surface area contributed by atoms with Gasteiger partial charge < -0.3 is 14.6 Å². The summed E-state index contributed by atoms with van der Waals surface area (Å²) in [5, 5.41) is 9.53. The van der Waals surface area contributed by atoms with Crippen LogP contribution in [0.2, 0.25) is 0 Å². The Balaban J connectivity index is 3.84. The second kappa shape index (κ2) is 39.7. The molecule has 50 heavy (non-hydrogen) atoms. The first-order chi connectivity index (χ1) is 24.6. The van der Waals surface area contributed by atoms with E-state index in [1.54, 1.807) is 0 Å². The Bertz CT molecular complexity index is 1100. The normalized spacial score (nSPS) is 13.6. The van der Waals surface area contributed by atoms with Crippen LogP contribution in [0, 0.1) is 0 Å². The molecule has 1 atom stereocenters. The van der Waals surface area contributed by atoms with Crippen molar-refractivity contribution in [3.05, 3.63) is 122 Å². The standard InChI is InChI=1S/C45H68O5/c1-3-5-7-9-11-13-15-17-19-21-22-24-25-27-29-31-33-35-37-39-44(47)49-42-43(41-46)50-45(48)40-38-36-34-32-30-28-26-23-20-18-16-14-12-10-8-6-4-2/h5,7,11-14,17-20,22,24,26-29,32-35,43,46H,3-4,6,8-10,15-16,21,23,25,30-31,36-42H2,1-2H3/t43-/m0/s1. The molecule has 0 rings (SSSR count). The molecule has 0 heterocycles. The summed E-state index contributed by atoms with van der Waals surface area (Å²) in [6.45, 7) is 3.85. The highest BCUT2D eigenvalue weighted by molar-refractivity contribution is 5.70. The fraction of sp³-hybridized carbons (Fsp3) is 0.511. The van der Waals surface area contributed by atoms with Gasteiger partial charge in [0.25, 0.3) is 0 Å². The van der Waals surface area contributed by atoms with E-state index in [2.05, 4.69) is 123 Å². The molecule has 0 aromatic heterocycles. The summed E-state index contributed by atoms with van der Waals surface area (Å²) in [5.74, 6) is -0.770. The van der Waals surface area contributed by atoms with Crippen molar-refractivity contribution in [3.63, 3.8) is 0 Å². The molecule has 5 heteroatoms. The Kier molecular flexibility index (Phi) is 36.8. The molecular formula is C45H68O5. The summed E-state index contributed by atoms with van der Waals surface area (Å²) >= 11 is 0. The van der Waals surface area contributed by atoms with Crippen molar-refractivity contribution in [2.45, 2.75) is 136 Å². The minimum Gasteiger partial charge on any atom is -0.462 e. The van der Waals surface area contributed by atoms with Crippen LogP contribution in [0.25, 0.3) is 0 Å². The van der Waals surface area contributed by atoms with Crippen LogP contribution in [0.3, 0.4) is 0 Å². The third-order valence-corrected chi connectivity index (χ3v) is 7.25. The molecule has 0 spiro atoms. The number of carbonyl (C=O) groups is 2. The molecule has 5 nitrogen and oxygen atoms in total. The molecule has 0 aromatic carbocycles. The van der Waals surface area contributed by atoms with E-state index in [0.29, 0.717) is 12.8 Å². The van der Waals surface area contributed by atoms with E-state index in [4.69, 9.17) is 9.47 Å². The Morgan fingerprint density at radius 1 is 0.480 bits per heavy atom. The van der Waals surface area contributed by atoms with Crippen LogP contribution in [0.4, 0.5) is 0 Å². The molecule has 0 bridgehead atoms. The van der Waals surface area contributed by atoms with Gasteiger partial charge in [0.2, 0.25) is 0 Å². The number of aliphatic hydroxyl groups is 1. The third-order valence-electron chi connectivity index (χ3n) is 7.25. The lowest BCUT2D eigenvalue weighted by molar-refractivity contribution is -0.161. The number of rotatable bonds is 32. The number of unbranched alkanes of at least 4 members (excludes halogenated alkanes) is 4. The molecule has 0 aliphatic carbocycles. The maximum Gasteiger partial charge on any atom is 0.306 e. The summed E-state index contributed by atoms with van der Waals surface area (Å²) in [6, 6.07) is 0. The van der Waals surface area contributed by atoms with Gasteiger partial charge in [-0.15, -0.1) is 0 Å². The van der Waals surface area contributed by atoms with Crippen LogP contribution >= 0.6 is 0 Å². The van der Waals surface area contributed by atoms with Crippen LogP contribution in [-0.2, 0) is 19.1 Å². The number of allylic oxidation sites excluding steroid dienone is 20. The van der Waals surface area contributed by atoms with Gasteiger partial charge in [-0.1, -0.05) is 148 Å². The highest BCUT2D eigenvalue weighted by atomic mass is 16.6. The lowest BCUT2D eigenvalue weighted by Crippen LogP contribution is -2.28. The zero-order valence-electron chi connectivity index (χ0n) is 31.3. The van der Waals surface area contributed by atoms with Gasteiger partial charge in [-0.25, -0.2) is 0 Å². The molecule has 0 saturated heterocycles. The lowest BCUT2D eigenvalue weighted by Gasteiger charge is -2.15. The van der Waals surface area contributed by atoms with E-state index in [0.717, 1.165) is 64.2 Å². The van der Waals surface area contributed by atoms with E-state index in [9.17, 15) is 14.7 Å². The highest BCUT2D eigenvalue weighted by Gasteiger charge is 2.15. The Labute approximate surface area is 305 Å². The maximum atomic E-state index is 12.1.